The minimum atomic E-state index is -1.43. The summed E-state index contributed by atoms with van der Waals surface area (Å²) in [7, 11) is 0. The number of piperazine rings is 1. The predicted octanol–water partition coefficient (Wildman–Crippen LogP) is 1.86. The van der Waals surface area contributed by atoms with Gasteiger partial charge in [0.25, 0.3) is 11.8 Å². The fourth-order valence-corrected chi connectivity index (χ4v) is 4.03. The van der Waals surface area contributed by atoms with Gasteiger partial charge in [-0.3, -0.25) is 19.3 Å². The first-order valence-corrected chi connectivity index (χ1v) is 10.5. The summed E-state index contributed by atoms with van der Waals surface area (Å²) in [4.78, 5) is 54.4. The number of halogens is 3. The Hall–Kier alpha value is -3.89. The van der Waals surface area contributed by atoms with Gasteiger partial charge in [0.2, 0.25) is 5.91 Å². The molecule has 0 aromatic heterocycles. The Morgan fingerprint density at radius 2 is 1.53 bits per heavy atom. The number of urea groups is 1. The smallest absolute Gasteiger partial charge is 0.325 e. The molecular weight excluding hydrogens is 453 g/mol. The molecule has 178 valence electrons. The molecule has 2 saturated heterocycles. The highest BCUT2D eigenvalue weighted by Crippen LogP contribution is 2.29. The Morgan fingerprint density at radius 1 is 0.912 bits per heavy atom. The maximum atomic E-state index is 13.4. The van der Waals surface area contributed by atoms with Gasteiger partial charge in [0.05, 0.1) is 0 Å². The normalized spacial score (nSPS) is 20.5. The minimum Gasteiger partial charge on any atom is -0.338 e. The van der Waals surface area contributed by atoms with Crippen LogP contribution in [0.1, 0.15) is 22.8 Å². The zero-order valence-electron chi connectivity index (χ0n) is 18.2. The van der Waals surface area contributed by atoms with Gasteiger partial charge in [0.15, 0.2) is 11.6 Å². The van der Waals surface area contributed by atoms with Gasteiger partial charge in [-0.15, -0.1) is 0 Å². The van der Waals surface area contributed by atoms with Gasteiger partial charge in [-0.25, -0.2) is 18.0 Å². The predicted molar refractivity (Wildman–Crippen MR) is 113 cm³/mol. The van der Waals surface area contributed by atoms with Crippen LogP contribution in [0.25, 0.3) is 0 Å². The molecule has 2 fully saturated rings. The van der Waals surface area contributed by atoms with Crippen LogP contribution in [-0.2, 0) is 15.1 Å². The molecular formula is C23H21F3N4O4. The van der Waals surface area contributed by atoms with Crippen molar-refractivity contribution in [1.29, 1.82) is 0 Å². The molecule has 2 aliphatic heterocycles. The summed E-state index contributed by atoms with van der Waals surface area (Å²) in [6.45, 7) is 1.58. The lowest BCUT2D eigenvalue weighted by Gasteiger charge is -2.35. The third-order valence-electron chi connectivity index (χ3n) is 6.08. The average Bonchev–Trinajstić information content (AvgIpc) is 3.04. The lowest BCUT2D eigenvalue weighted by Crippen LogP contribution is -2.53. The second-order valence-electron chi connectivity index (χ2n) is 8.26. The van der Waals surface area contributed by atoms with E-state index < -0.39 is 53.3 Å². The molecule has 4 rings (SSSR count). The third-order valence-corrected chi connectivity index (χ3v) is 6.08. The molecule has 0 spiro atoms. The summed E-state index contributed by atoms with van der Waals surface area (Å²) in [5.74, 6) is -4.27. The first-order valence-electron chi connectivity index (χ1n) is 10.5. The maximum absolute atomic E-state index is 13.4. The molecule has 5 amide bonds. The van der Waals surface area contributed by atoms with E-state index in [-0.39, 0.29) is 31.7 Å². The summed E-state index contributed by atoms with van der Waals surface area (Å²) in [6.07, 6.45) is 0. The summed E-state index contributed by atoms with van der Waals surface area (Å²) in [5.41, 5.74) is -1.05. The van der Waals surface area contributed by atoms with Crippen molar-refractivity contribution in [2.75, 3.05) is 32.7 Å². The van der Waals surface area contributed by atoms with Crippen molar-refractivity contribution in [1.82, 2.24) is 20.0 Å². The standard InChI is InChI=1S/C23H21F3N4O4/c1-23(15-3-5-16(24)6-4-15)21(33)30(22(34)27-23)13-19(31)28-8-10-29(11-9-28)20(32)14-2-7-17(25)18(26)12-14/h2-7,12H,8-11,13H2,1H3,(H,27,34). The summed E-state index contributed by atoms with van der Waals surface area (Å²) in [5, 5.41) is 2.56. The Balaban J connectivity index is 1.37. The number of nitrogens with zero attached hydrogens (tertiary/aromatic N) is 3. The zero-order chi connectivity index (χ0) is 24.6. The molecule has 2 aromatic rings. The Bertz CT molecular complexity index is 1170. The number of amides is 5. The quantitative estimate of drug-likeness (QED) is 0.685. The molecule has 0 aliphatic carbocycles. The Labute approximate surface area is 192 Å². The second kappa shape index (κ2) is 8.81. The van der Waals surface area contributed by atoms with Crippen molar-refractivity contribution in [3.8, 4) is 0 Å². The first kappa shape index (κ1) is 23.3. The van der Waals surface area contributed by atoms with E-state index in [2.05, 4.69) is 5.32 Å². The number of benzene rings is 2. The zero-order valence-corrected chi connectivity index (χ0v) is 18.2. The number of rotatable bonds is 4. The first-order chi connectivity index (χ1) is 16.1. The largest absolute Gasteiger partial charge is 0.338 e. The molecule has 11 heteroatoms. The van der Waals surface area contributed by atoms with Crippen molar-refractivity contribution in [3.63, 3.8) is 0 Å². The van der Waals surface area contributed by atoms with Crippen LogP contribution in [0.5, 0.6) is 0 Å². The molecule has 0 saturated carbocycles. The van der Waals surface area contributed by atoms with Gasteiger partial charge < -0.3 is 15.1 Å². The number of nitrogens with one attached hydrogen (secondary N) is 1. The van der Waals surface area contributed by atoms with Crippen LogP contribution in [0.3, 0.4) is 0 Å². The lowest BCUT2D eigenvalue weighted by atomic mass is 9.92. The fraction of sp³-hybridized carbons (Fsp3) is 0.304. The number of carbonyl (C=O) groups is 4. The number of carbonyl (C=O) groups excluding carboxylic acids is 4. The molecule has 1 unspecified atom stereocenters. The van der Waals surface area contributed by atoms with Crippen molar-refractivity contribution in [3.05, 3.63) is 71.0 Å². The van der Waals surface area contributed by atoms with E-state index in [0.717, 1.165) is 17.0 Å². The topological polar surface area (TPSA) is 90.0 Å². The van der Waals surface area contributed by atoms with Crippen LogP contribution in [0, 0.1) is 17.5 Å². The van der Waals surface area contributed by atoms with E-state index >= 15 is 0 Å². The molecule has 2 aromatic carbocycles. The molecule has 34 heavy (non-hydrogen) atoms. The van der Waals surface area contributed by atoms with E-state index in [1.165, 1.54) is 47.1 Å². The lowest BCUT2D eigenvalue weighted by molar-refractivity contribution is -0.139. The second-order valence-corrected chi connectivity index (χ2v) is 8.26. The Morgan fingerprint density at radius 3 is 2.15 bits per heavy atom. The minimum absolute atomic E-state index is 0.00177. The van der Waals surface area contributed by atoms with Crippen LogP contribution >= 0.6 is 0 Å². The van der Waals surface area contributed by atoms with Crippen molar-refractivity contribution >= 4 is 23.8 Å². The van der Waals surface area contributed by atoms with Crippen molar-refractivity contribution < 1.29 is 32.3 Å². The fourth-order valence-electron chi connectivity index (χ4n) is 4.03. The average molecular weight is 474 g/mol. The van der Waals surface area contributed by atoms with Crippen molar-refractivity contribution in [2.24, 2.45) is 0 Å². The van der Waals surface area contributed by atoms with E-state index in [1.807, 2.05) is 0 Å². The highest BCUT2D eigenvalue weighted by molar-refractivity contribution is 6.09. The highest BCUT2D eigenvalue weighted by Gasteiger charge is 2.49. The van der Waals surface area contributed by atoms with Crippen LogP contribution in [0.15, 0.2) is 42.5 Å². The van der Waals surface area contributed by atoms with Crippen LogP contribution in [0.4, 0.5) is 18.0 Å². The van der Waals surface area contributed by atoms with Gasteiger partial charge in [0.1, 0.15) is 17.9 Å². The van der Waals surface area contributed by atoms with E-state index in [4.69, 9.17) is 0 Å². The molecule has 1 atom stereocenters. The van der Waals surface area contributed by atoms with Gasteiger partial charge in [-0.2, -0.15) is 0 Å². The van der Waals surface area contributed by atoms with Gasteiger partial charge in [-0.1, -0.05) is 12.1 Å². The molecule has 2 heterocycles. The number of hydrogen-bond acceptors (Lipinski definition) is 4. The van der Waals surface area contributed by atoms with Crippen LogP contribution < -0.4 is 5.32 Å². The van der Waals surface area contributed by atoms with Crippen LogP contribution in [-0.4, -0.2) is 71.2 Å². The highest BCUT2D eigenvalue weighted by atomic mass is 19.2. The van der Waals surface area contributed by atoms with E-state index in [0.29, 0.717) is 5.56 Å². The molecule has 0 bridgehead atoms. The number of hydrogen-bond donors (Lipinski definition) is 1. The SMILES string of the molecule is CC1(c2ccc(F)cc2)NC(=O)N(CC(=O)N2CCN(C(=O)c3ccc(F)c(F)c3)CC2)C1=O. The maximum Gasteiger partial charge on any atom is 0.325 e. The Kier molecular flexibility index (Phi) is 6.03. The summed E-state index contributed by atoms with van der Waals surface area (Å²) < 4.78 is 39.8. The van der Waals surface area contributed by atoms with Gasteiger partial charge in [-0.05, 0) is 42.8 Å². The molecule has 0 radical (unpaired) electrons. The van der Waals surface area contributed by atoms with Gasteiger partial charge >= 0.3 is 6.03 Å². The molecule has 1 N–H and O–H groups in total. The number of imide groups is 1. The summed E-state index contributed by atoms with van der Waals surface area (Å²) in [6, 6.07) is 7.28. The van der Waals surface area contributed by atoms with E-state index in [9.17, 15) is 32.3 Å². The third kappa shape index (κ3) is 4.20. The molecule has 2 aliphatic rings. The summed E-state index contributed by atoms with van der Waals surface area (Å²) >= 11 is 0. The van der Waals surface area contributed by atoms with E-state index in [1.54, 1.807) is 0 Å². The van der Waals surface area contributed by atoms with Gasteiger partial charge in [0, 0.05) is 31.7 Å². The van der Waals surface area contributed by atoms with Crippen molar-refractivity contribution in [2.45, 2.75) is 12.5 Å². The molecule has 8 nitrogen and oxygen atoms in total. The van der Waals surface area contributed by atoms with Crippen LogP contribution in [0.2, 0.25) is 0 Å². The monoisotopic (exact) mass is 474 g/mol.